The molecule has 33 heavy (non-hydrogen) atoms. The van der Waals surface area contributed by atoms with E-state index in [2.05, 4.69) is 22.8 Å². The van der Waals surface area contributed by atoms with Crippen molar-refractivity contribution in [3.63, 3.8) is 0 Å². The topological polar surface area (TPSA) is 104 Å². The Morgan fingerprint density at radius 1 is 1.06 bits per heavy atom. The van der Waals surface area contributed by atoms with E-state index in [1.807, 2.05) is 32.0 Å². The molecule has 0 radical (unpaired) electrons. The smallest absolute Gasteiger partial charge is 0.245 e. The predicted octanol–water partition coefficient (Wildman–Crippen LogP) is 3.45. The lowest BCUT2D eigenvalue weighted by molar-refractivity contribution is -0.135. The second-order valence-corrected chi connectivity index (χ2v) is 9.35. The van der Waals surface area contributed by atoms with Gasteiger partial charge in [-0.05, 0) is 80.3 Å². The summed E-state index contributed by atoms with van der Waals surface area (Å²) in [5.41, 5.74) is 9.40. The van der Waals surface area contributed by atoms with E-state index in [0.717, 1.165) is 48.8 Å². The summed E-state index contributed by atoms with van der Waals surface area (Å²) in [6.45, 7) is 4.37. The molecule has 2 aromatic rings. The Kier molecular flexibility index (Phi) is 8.50. The number of amides is 2. The number of rotatable bonds is 9. The third kappa shape index (κ3) is 6.57. The lowest BCUT2D eigenvalue weighted by Crippen LogP contribution is -2.62. The molecule has 1 aliphatic rings. The third-order valence-electron chi connectivity index (χ3n) is 6.72. The molecular weight excluding hydrogens is 414 g/mol. The second kappa shape index (κ2) is 11.3. The first-order chi connectivity index (χ1) is 15.8. The van der Waals surface area contributed by atoms with Crippen molar-refractivity contribution in [3.8, 4) is 5.75 Å². The van der Waals surface area contributed by atoms with Crippen LogP contribution in [0.15, 0.2) is 42.5 Å². The first-order valence-electron chi connectivity index (χ1n) is 12.0. The summed E-state index contributed by atoms with van der Waals surface area (Å²) < 4.78 is 0. The first kappa shape index (κ1) is 24.8. The van der Waals surface area contributed by atoms with Gasteiger partial charge in [0, 0.05) is 6.54 Å². The minimum Gasteiger partial charge on any atom is -0.508 e. The Morgan fingerprint density at radius 3 is 2.33 bits per heavy atom. The van der Waals surface area contributed by atoms with Gasteiger partial charge in [-0.25, -0.2) is 0 Å². The van der Waals surface area contributed by atoms with E-state index in [1.54, 1.807) is 12.1 Å². The Morgan fingerprint density at radius 2 is 1.70 bits per heavy atom. The van der Waals surface area contributed by atoms with Crippen molar-refractivity contribution in [2.45, 2.75) is 76.8 Å². The van der Waals surface area contributed by atoms with Crippen LogP contribution in [0, 0.1) is 13.8 Å². The lowest BCUT2D eigenvalue weighted by atomic mass is 9.80. The maximum atomic E-state index is 13.2. The van der Waals surface area contributed by atoms with Crippen LogP contribution in [0.4, 0.5) is 0 Å². The van der Waals surface area contributed by atoms with Gasteiger partial charge in [0.1, 0.15) is 11.3 Å². The quantitative estimate of drug-likeness (QED) is 0.438. The summed E-state index contributed by atoms with van der Waals surface area (Å²) in [6.07, 6.45) is 6.25. The highest BCUT2D eigenvalue weighted by atomic mass is 16.3. The van der Waals surface area contributed by atoms with E-state index < -0.39 is 11.6 Å². The molecule has 1 unspecified atom stereocenters. The van der Waals surface area contributed by atoms with Crippen LogP contribution >= 0.6 is 0 Å². The third-order valence-corrected chi connectivity index (χ3v) is 6.72. The highest BCUT2D eigenvalue weighted by Gasteiger charge is 2.41. The fourth-order valence-corrected chi connectivity index (χ4v) is 4.81. The molecule has 0 heterocycles. The summed E-state index contributed by atoms with van der Waals surface area (Å²) in [6, 6.07) is 12.8. The Labute approximate surface area is 197 Å². The second-order valence-electron chi connectivity index (χ2n) is 9.35. The molecule has 0 aromatic heterocycles. The first-order valence-corrected chi connectivity index (χ1v) is 12.0. The van der Waals surface area contributed by atoms with Gasteiger partial charge in [-0.3, -0.25) is 9.59 Å². The molecule has 0 spiro atoms. The molecule has 0 saturated heterocycles. The van der Waals surface area contributed by atoms with Gasteiger partial charge in [-0.15, -0.1) is 0 Å². The van der Waals surface area contributed by atoms with Crippen LogP contribution in [0.5, 0.6) is 5.75 Å². The molecular formula is C27H37N3O3. The maximum Gasteiger partial charge on any atom is 0.245 e. The number of carbonyl (C=O) groups is 2. The van der Waals surface area contributed by atoms with Gasteiger partial charge < -0.3 is 21.5 Å². The van der Waals surface area contributed by atoms with Crippen molar-refractivity contribution in [1.29, 1.82) is 0 Å². The zero-order valence-corrected chi connectivity index (χ0v) is 19.8. The Bertz CT molecular complexity index is 929. The summed E-state index contributed by atoms with van der Waals surface area (Å²) in [5.74, 6) is -0.201. The zero-order chi connectivity index (χ0) is 23.8. The number of carbonyl (C=O) groups excluding carboxylic acids is 2. The van der Waals surface area contributed by atoms with Crippen molar-refractivity contribution in [2.75, 3.05) is 6.54 Å². The van der Waals surface area contributed by atoms with E-state index in [9.17, 15) is 14.7 Å². The monoisotopic (exact) mass is 451 g/mol. The number of aromatic hydroxyl groups is 1. The number of nitrogens with two attached hydrogens (primary N) is 1. The largest absolute Gasteiger partial charge is 0.508 e. The SMILES string of the molecule is Cc1cc(O)cc(C)c1CC(N)C(=O)NC1(C(=O)NCCCc2ccccc2)CCCCC1. The highest BCUT2D eigenvalue weighted by Crippen LogP contribution is 2.29. The van der Waals surface area contributed by atoms with Crippen LogP contribution in [-0.4, -0.2) is 35.0 Å². The van der Waals surface area contributed by atoms with Crippen LogP contribution in [0.2, 0.25) is 0 Å². The molecule has 3 rings (SSSR count). The number of aryl methyl sites for hydroxylation is 3. The molecule has 1 saturated carbocycles. The van der Waals surface area contributed by atoms with Crippen LogP contribution in [-0.2, 0) is 22.4 Å². The van der Waals surface area contributed by atoms with Gasteiger partial charge in [0.25, 0.3) is 0 Å². The van der Waals surface area contributed by atoms with Crippen molar-refractivity contribution in [3.05, 3.63) is 64.7 Å². The molecule has 178 valence electrons. The summed E-state index contributed by atoms with van der Waals surface area (Å²) in [4.78, 5) is 26.3. The zero-order valence-electron chi connectivity index (χ0n) is 19.8. The van der Waals surface area contributed by atoms with Crippen LogP contribution in [0.1, 0.15) is 60.8 Å². The van der Waals surface area contributed by atoms with Gasteiger partial charge in [-0.1, -0.05) is 49.6 Å². The van der Waals surface area contributed by atoms with Crippen LogP contribution in [0.25, 0.3) is 0 Å². The van der Waals surface area contributed by atoms with Crippen molar-refractivity contribution >= 4 is 11.8 Å². The number of phenolic OH excluding ortho intramolecular Hbond substituents is 1. The normalized spacial score (nSPS) is 16.1. The minimum absolute atomic E-state index is 0.104. The number of benzene rings is 2. The number of nitrogens with one attached hydrogen (secondary N) is 2. The summed E-state index contributed by atoms with van der Waals surface area (Å²) in [7, 11) is 0. The molecule has 2 aromatic carbocycles. The van der Waals surface area contributed by atoms with Gasteiger partial charge in [0.2, 0.25) is 11.8 Å². The number of phenols is 1. The standard InChI is InChI=1S/C27H37N3O3/c1-19-16-22(31)17-20(2)23(19)18-24(28)25(32)30-27(13-7-4-8-14-27)26(33)29-15-9-12-21-10-5-3-6-11-21/h3,5-6,10-11,16-17,24,31H,4,7-9,12-15,18,28H2,1-2H3,(H,29,33)(H,30,32). The van der Waals surface area contributed by atoms with Gasteiger partial charge >= 0.3 is 0 Å². The molecule has 0 aliphatic heterocycles. The fraction of sp³-hybridized carbons (Fsp3) is 0.481. The van der Waals surface area contributed by atoms with Crippen molar-refractivity contribution < 1.29 is 14.7 Å². The predicted molar refractivity (Wildman–Crippen MR) is 131 cm³/mol. The van der Waals surface area contributed by atoms with Crippen LogP contribution < -0.4 is 16.4 Å². The van der Waals surface area contributed by atoms with Gasteiger partial charge in [0.05, 0.1) is 6.04 Å². The van der Waals surface area contributed by atoms with Crippen LogP contribution in [0.3, 0.4) is 0 Å². The molecule has 0 bridgehead atoms. The Balaban J connectivity index is 1.60. The lowest BCUT2D eigenvalue weighted by Gasteiger charge is -2.37. The van der Waals surface area contributed by atoms with E-state index >= 15 is 0 Å². The highest BCUT2D eigenvalue weighted by molar-refractivity contribution is 5.93. The van der Waals surface area contributed by atoms with E-state index in [0.29, 0.717) is 25.8 Å². The van der Waals surface area contributed by atoms with E-state index in [1.165, 1.54) is 5.56 Å². The molecule has 6 nitrogen and oxygen atoms in total. The molecule has 2 amide bonds. The molecule has 6 heteroatoms. The molecule has 1 atom stereocenters. The number of hydrogen-bond donors (Lipinski definition) is 4. The minimum atomic E-state index is -0.890. The van der Waals surface area contributed by atoms with E-state index in [-0.39, 0.29) is 17.6 Å². The maximum absolute atomic E-state index is 13.2. The summed E-state index contributed by atoms with van der Waals surface area (Å²) >= 11 is 0. The van der Waals surface area contributed by atoms with Crippen molar-refractivity contribution in [2.24, 2.45) is 5.73 Å². The molecule has 5 N–H and O–H groups in total. The van der Waals surface area contributed by atoms with Gasteiger partial charge in [-0.2, -0.15) is 0 Å². The van der Waals surface area contributed by atoms with Gasteiger partial charge in [0.15, 0.2) is 0 Å². The van der Waals surface area contributed by atoms with Crippen molar-refractivity contribution in [1.82, 2.24) is 10.6 Å². The fourth-order valence-electron chi connectivity index (χ4n) is 4.81. The Hall–Kier alpha value is -2.86. The number of hydrogen-bond acceptors (Lipinski definition) is 4. The summed E-state index contributed by atoms with van der Waals surface area (Å²) in [5, 5.41) is 15.9. The van der Waals surface area contributed by atoms with E-state index in [4.69, 9.17) is 5.73 Å². The molecule has 1 fully saturated rings. The molecule has 1 aliphatic carbocycles. The average Bonchev–Trinajstić information content (AvgIpc) is 2.80. The average molecular weight is 452 g/mol.